The summed E-state index contributed by atoms with van der Waals surface area (Å²) in [6.45, 7) is 0.881. The molecule has 9 heteroatoms. The van der Waals surface area contributed by atoms with Gasteiger partial charge >= 0.3 is 0 Å². The smallest absolute Gasteiger partial charge is 0.272 e. The van der Waals surface area contributed by atoms with E-state index >= 15 is 0 Å². The normalized spacial score (nSPS) is 15.8. The first-order chi connectivity index (χ1) is 16.6. The number of rotatable bonds is 5. The van der Waals surface area contributed by atoms with Gasteiger partial charge in [0.05, 0.1) is 22.9 Å². The van der Waals surface area contributed by atoms with Crippen LogP contribution in [-0.4, -0.2) is 44.6 Å². The minimum Gasteiger partial charge on any atom is -0.463 e. The van der Waals surface area contributed by atoms with Crippen LogP contribution in [0.4, 0.5) is 5.82 Å². The number of benzene rings is 1. The highest BCUT2D eigenvalue weighted by Gasteiger charge is 2.31. The molecule has 172 valence electrons. The molecule has 1 N–H and O–H groups in total. The van der Waals surface area contributed by atoms with E-state index in [4.69, 9.17) is 16.0 Å². The van der Waals surface area contributed by atoms with E-state index in [2.05, 4.69) is 15.4 Å². The number of hydrogen-bond donors (Lipinski definition) is 1. The molecule has 1 aromatic carbocycles. The second-order valence-corrected chi connectivity index (χ2v) is 8.52. The Morgan fingerprint density at radius 3 is 2.68 bits per heavy atom. The lowest BCUT2D eigenvalue weighted by molar-refractivity contribution is -0.121. The Morgan fingerprint density at radius 2 is 1.94 bits per heavy atom. The number of piperidine rings is 1. The van der Waals surface area contributed by atoms with Crippen molar-refractivity contribution in [2.24, 2.45) is 5.92 Å². The predicted molar refractivity (Wildman–Crippen MR) is 128 cm³/mol. The minimum atomic E-state index is -0.340. The van der Waals surface area contributed by atoms with E-state index in [1.165, 1.54) is 6.20 Å². The molecule has 1 unspecified atom stereocenters. The quantitative estimate of drug-likeness (QED) is 0.452. The molecule has 1 atom stereocenters. The third-order valence-corrected chi connectivity index (χ3v) is 5.98. The fourth-order valence-corrected chi connectivity index (χ4v) is 4.17. The molecule has 1 fully saturated rings. The molecule has 1 aliphatic heterocycles. The lowest BCUT2D eigenvalue weighted by Gasteiger charge is -2.32. The molecule has 34 heavy (non-hydrogen) atoms. The number of amides is 2. The molecule has 1 saturated heterocycles. The molecule has 1 aliphatic rings. The zero-order valence-electron chi connectivity index (χ0n) is 18.2. The van der Waals surface area contributed by atoms with E-state index < -0.39 is 0 Å². The number of carbonyl (C=O) groups is 2. The van der Waals surface area contributed by atoms with Gasteiger partial charge in [0.2, 0.25) is 5.91 Å². The van der Waals surface area contributed by atoms with E-state index in [0.717, 1.165) is 12.1 Å². The van der Waals surface area contributed by atoms with Gasteiger partial charge in [0.25, 0.3) is 5.91 Å². The number of pyridine rings is 1. The maximum absolute atomic E-state index is 13.6. The summed E-state index contributed by atoms with van der Waals surface area (Å²) in [4.78, 5) is 32.3. The van der Waals surface area contributed by atoms with Crippen LogP contribution in [0.5, 0.6) is 0 Å². The van der Waals surface area contributed by atoms with Gasteiger partial charge in [0.1, 0.15) is 17.2 Å². The Morgan fingerprint density at radius 1 is 1.09 bits per heavy atom. The standard InChI is InChI=1S/C25H22ClN5O3/c26-18-10-11-23(27-15-18)28-24(32)17-6-4-12-30(16-17)25(33)21-14-20(22-9-5-13-34-22)29-31(21)19-7-2-1-3-8-19/h1-3,5,7-11,13-15,17H,4,6,12,16H2,(H,27,28,32). The van der Waals surface area contributed by atoms with Gasteiger partial charge in [-0.3, -0.25) is 9.59 Å². The van der Waals surface area contributed by atoms with Crippen LogP contribution in [0.1, 0.15) is 23.3 Å². The number of nitrogens with one attached hydrogen (secondary N) is 1. The molecular weight excluding hydrogens is 454 g/mol. The van der Waals surface area contributed by atoms with Crippen LogP contribution in [0.25, 0.3) is 17.1 Å². The molecule has 0 spiro atoms. The average Bonchev–Trinajstić information content (AvgIpc) is 3.56. The highest BCUT2D eigenvalue weighted by Crippen LogP contribution is 2.25. The minimum absolute atomic E-state index is 0.167. The summed E-state index contributed by atoms with van der Waals surface area (Å²) in [5, 5.41) is 7.95. The molecule has 0 saturated carbocycles. The van der Waals surface area contributed by atoms with Crippen LogP contribution in [-0.2, 0) is 4.79 Å². The van der Waals surface area contributed by atoms with Crippen LogP contribution in [0.15, 0.2) is 77.5 Å². The summed E-state index contributed by atoms with van der Waals surface area (Å²) in [5.74, 6) is 0.322. The maximum Gasteiger partial charge on any atom is 0.272 e. The average molecular weight is 476 g/mol. The van der Waals surface area contributed by atoms with Crippen LogP contribution >= 0.6 is 11.6 Å². The number of carbonyl (C=O) groups excluding carboxylic acids is 2. The first kappa shape index (κ1) is 21.9. The summed E-state index contributed by atoms with van der Waals surface area (Å²) in [7, 11) is 0. The lowest BCUT2D eigenvalue weighted by Crippen LogP contribution is -2.44. The number of furan rings is 1. The molecule has 4 aromatic rings. The Kier molecular flexibility index (Phi) is 6.14. The number of aromatic nitrogens is 3. The van der Waals surface area contributed by atoms with E-state index in [-0.39, 0.29) is 17.7 Å². The van der Waals surface area contributed by atoms with Gasteiger partial charge in [-0.1, -0.05) is 29.8 Å². The number of hydrogen-bond acceptors (Lipinski definition) is 5. The summed E-state index contributed by atoms with van der Waals surface area (Å²) in [6, 6.07) is 18.1. The van der Waals surface area contributed by atoms with E-state index in [0.29, 0.717) is 47.5 Å². The van der Waals surface area contributed by atoms with Gasteiger partial charge in [-0.05, 0) is 49.2 Å². The van der Waals surface area contributed by atoms with Gasteiger partial charge in [-0.15, -0.1) is 0 Å². The zero-order valence-corrected chi connectivity index (χ0v) is 19.0. The monoisotopic (exact) mass is 475 g/mol. The maximum atomic E-state index is 13.6. The SMILES string of the molecule is O=C(Nc1ccc(Cl)cn1)C1CCCN(C(=O)c2cc(-c3ccco3)nn2-c2ccccc2)C1. The molecule has 8 nitrogen and oxygen atoms in total. The fourth-order valence-electron chi connectivity index (χ4n) is 4.06. The number of likely N-dealkylation sites (tertiary alicyclic amines) is 1. The van der Waals surface area contributed by atoms with Gasteiger partial charge in [-0.25, -0.2) is 9.67 Å². The topological polar surface area (TPSA) is 93.3 Å². The lowest BCUT2D eigenvalue weighted by atomic mass is 9.97. The number of nitrogens with zero attached hydrogens (tertiary/aromatic N) is 4. The first-order valence-corrected chi connectivity index (χ1v) is 11.4. The molecule has 0 aliphatic carbocycles. The van der Waals surface area contributed by atoms with Crippen LogP contribution in [0.3, 0.4) is 0 Å². The highest BCUT2D eigenvalue weighted by atomic mass is 35.5. The molecular formula is C25H22ClN5O3. The van der Waals surface area contributed by atoms with Crippen molar-refractivity contribution >= 4 is 29.2 Å². The number of anilines is 1. The van der Waals surface area contributed by atoms with Gasteiger partial charge in [0, 0.05) is 25.4 Å². The summed E-state index contributed by atoms with van der Waals surface area (Å²) < 4.78 is 7.12. The third-order valence-electron chi connectivity index (χ3n) is 5.76. The second kappa shape index (κ2) is 9.52. The van der Waals surface area contributed by atoms with Gasteiger partial charge < -0.3 is 14.6 Å². The Bertz CT molecular complexity index is 1290. The van der Waals surface area contributed by atoms with Crippen molar-refractivity contribution in [3.8, 4) is 17.1 Å². The van der Waals surface area contributed by atoms with Crippen molar-refractivity contribution in [3.63, 3.8) is 0 Å². The predicted octanol–water partition coefficient (Wildman–Crippen LogP) is 4.67. The highest BCUT2D eigenvalue weighted by molar-refractivity contribution is 6.30. The van der Waals surface area contributed by atoms with Crippen LogP contribution in [0.2, 0.25) is 5.02 Å². The van der Waals surface area contributed by atoms with E-state index in [9.17, 15) is 9.59 Å². The van der Waals surface area contributed by atoms with Crippen molar-refractivity contribution < 1.29 is 14.0 Å². The van der Waals surface area contributed by atoms with Gasteiger partial charge in [-0.2, -0.15) is 5.10 Å². The Balaban J connectivity index is 1.38. The van der Waals surface area contributed by atoms with Crippen LogP contribution in [0, 0.1) is 5.92 Å². The Labute approximate surface area is 201 Å². The summed E-state index contributed by atoms with van der Waals surface area (Å²) >= 11 is 5.87. The van der Waals surface area contributed by atoms with Crippen molar-refractivity contribution in [2.45, 2.75) is 12.8 Å². The van der Waals surface area contributed by atoms with E-state index in [1.54, 1.807) is 46.2 Å². The Hall–Kier alpha value is -3.91. The molecule has 2 amide bonds. The molecule has 5 rings (SSSR count). The third kappa shape index (κ3) is 4.58. The van der Waals surface area contributed by atoms with Crippen molar-refractivity contribution in [1.29, 1.82) is 0 Å². The first-order valence-electron chi connectivity index (χ1n) is 11.0. The van der Waals surface area contributed by atoms with Crippen LogP contribution < -0.4 is 5.32 Å². The van der Waals surface area contributed by atoms with Crippen molar-refractivity contribution in [1.82, 2.24) is 19.7 Å². The molecule has 3 aromatic heterocycles. The van der Waals surface area contributed by atoms with Crippen molar-refractivity contribution in [2.75, 3.05) is 18.4 Å². The summed E-state index contributed by atoms with van der Waals surface area (Å²) in [5.41, 5.74) is 1.75. The van der Waals surface area contributed by atoms with E-state index in [1.807, 2.05) is 30.3 Å². The number of para-hydroxylation sites is 1. The zero-order chi connectivity index (χ0) is 23.5. The van der Waals surface area contributed by atoms with Crippen molar-refractivity contribution in [3.05, 3.63) is 83.8 Å². The number of halogens is 1. The molecule has 0 bridgehead atoms. The molecule has 0 radical (unpaired) electrons. The molecule has 4 heterocycles. The second-order valence-electron chi connectivity index (χ2n) is 8.08. The largest absolute Gasteiger partial charge is 0.463 e. The fraction of sp³-hybridized carbons (Fsp3) is 0.200. The van der Waals surface area contributed by atoms with Gasteiger partial charge in [0.15, 0.2) is 5.76 Å². The summed E-state index contributed by atoms with van der Waals surface area (Å²) in [6.07, 6.45) is 4.47.